The smallest absolute Gasteiger partial charge is 0.0107 e. The third-order valence-electron chi connectivity index (χ3n) is 3.10. The second-order valence-corrected chi connectivity index (χ2v) is 6.77. The predicted molar refractivity (Wildman–Crippen MR) is 83.6 cm³/mol. The van der Waals surface area contributed by atoms with Crippen LogP contribution < -0.4 is 5.32 Å². The van der Waals surface area contributed by atoms with E-state index in [1.54, 1.807) is 0 Å². The molecule has 0 aliphatic rings. The Kier molecular flexibility index (Phi) is 6.80. The largest absolute Gasteiger partial charge is 0.314 e. The van der Waals surface area contributed by atoms with E-state index >= 15 is 0 Å². The first-order chi connectivity index (χ1) is 8.52. The van der Waals surface area contributed by atoms with Gasteiger partial charge in [0.1, 0.15) is 0 Å². The van der Waals surface area contributed by atoms with Gasteiger partial charge in [-0.15, -0.1) is 11.8 Å². The van der Waals surface area contributed by atoms with Gasteiger partial charge in [0.15, 0.2) is 0 Å². The summed E-state index contributed by atoms with van der Waals surface area (Å²) >= 11 is 2.01. The van der Waals surface area contributed by atoms with Gasteiger partial charge in [0.25, 0.3) is 0 Å². The maximum absolute atomic E-state index is 3.56. The molecule has 102 valence electrons. The third-order valence-corrected chi connectivity index (χ3v) is 4.39. The number of hydrogen-bond acceptors (Lipinski definition) is 2. The van der Waals surface area contributed by atoms with Crippen LogP contribution in [0.1, 0.15) is 44.7 Å². The molecular formula is C16H27NS. The molecule has 0 amide bonds. The van der Waals surface area contributed by atoms with E-state index in [2.05, 4.69) is 58.1 Å². The Morgan fingerprint density at radius 2 is 1.94 bits per heavy atom. The molecular weight excluding hydrogens is 238 g/mol. The van der Waals surface area contributed by atoms with Gasteiger partial charge in [0.05, 0.1) is 0 Å². The first-order valence-electron chi connectivity index (χ1n) is 7.00. The maximum Gasteiger partial charge on any atom is 0.0107 e. The molecule has 0 heterocycles. The van der Waals surface area contributed by atoms with Gasteiger partial charge in [-0.2, -0.15) is 0 Å². The van der Waals surface area contributed by atoms with Gasteiger partial charge < -0.3 is 5.32 Å². The van der Waals surface area contributed by atoms with E-state index in [-0.39, 0.29) is 0 Å². The van der Waals surface area contributed by atoms with Gasteiger partial charge >= 0.3 is 0 Å². The Labute approximate surface area is 117 Å². The summed E-state index contributed by atoms with van der Waals surface area (Å²) in [5.74, 6) is 0. The lowest BCUT2D eigenvalue weighted by Gasteiger charge is -2.19. The fourth-order valence-electron chi connectivity index (χ4n) is 2.07. The molecule has 18 heavy (non-hydrogen) atoms. The molecule has 0 saturated heterocycles. The monoisotopic (exact) mass is 265 g/mol. The zero-order chi connectivity index (χ0) is 13.5. The predicted octanol–water partition coefficient (Wildman–Crippen LogP) is 4.56. The summed E-state index contributed by atoms with van der Waals surface area (Å²) in [5.41, 5.74) is 2.75. The van der Waals surface area contributed by atoms with Crippen molar-refractivity contribution >= 4 is 11.8 Å². The van der Waals surface area contributed by atoms with Gasteiger partial charge in [-0.05, 0) is 51.8 Å². The van der Waals surface area contributed by atoms with Crippen molar-refractivity contribution < 1.29 is 0 Å². The molecule has 0 saturated carbocycles. The summed E-state index contributed by atoms with van der Waals surface area (Å²) in [4.78, 5) is 1.44. The van der Waals surface area contributed by atoms with Crippen LogP contribution in [0.4, 0.5) is 0 Å². The molecule has 0 radical (unpaired) electrons. The summed E-state index contributed by atoms with van der Waals surface area (Å²) in [6.07, 6.45) is 2.43. The molecule has 1 aromatic rings. The zero-order valence-corrected chi connectivity index (χ0v) is 13.2. The van der Waals surface area contributed by atoms with Gasteiger partial charge in [-0.1, -0.05) is 31.5 Å². The fraction of sp³-hybridized carbons (Fsp3) is 0.625. The maximum atomic E-state index is 3.56. The lowest BCUT2D eigenvalue weighted by Crippen LogP contribution is -2.29. The van der Waals surface area contributed by atoms with Crippen molar-refractivity contribution in [2.75, 3.05) is 6.54 Å². The number of rotatable bonds is 7. The number of aryl methyl sites for hydroxylation is 2. The molecule has 2 heteroatoms. The van der Waals surface area contributed by atoms with E-state index in [1.165, 1.54) is 28.9 Å². The topological polar surface area (TPSA) is 12.0 Å². The van der Waals surface area contributed by atoms with Crippen LogP contribution in [-0.4, -0.2) is 17.8 Å². The van der Waals surface area contributed by atoms with Crippen LogP contribution in [0.15, 0.2) is 23.1 Å². The summed E-state index contributed by atoms with van der Waals surface area (Å²) in [6, 6.07) is 7.33. The number of nitrogens with one attached hydrogen (secondary N) is 1. The first kappa shape index (κ1) is 15.6. The Bertz CT molecular complexity index is 362. The van der Waals surface area contributed by atoms with E-state index in [9.17, 15) is 0 Å². The quantitative estimate of drug-likeness (QED) is 0.725. The van der Waals surface area contributed by atoms with E-state index in [1.807, 2.05) is 11.8 Å². The average Bonchev–Trinajstić information content (AvgIpc) is 2.31. The Hall–Kier alpha value is -0.470. The van der Waals surface area contributed by atoms with Crippen LogP contribution in [0.2, 0.25) is 0 Å². The van der Waals surface area contributed by atoms with Crippen LogP contribution >= 0.6 is 11.8 Å². The average molecular weight is 265 g/mol. The van der Waals surface area contributed by atoms with Gasteiger partial charge in [-0.3, -0.25) is 0 Å². The molecule has 0 spiro atoms. The highest BCUT2D eigenvalue weighted by Gasteiger charge is 2.10. The van der Waals surface area contributed by atoms with Crippen molar-refractivity contribution in [1.29, 1.82) is 0 Å². The van der Waals surface area contributed by atoms with E-state index < -0.39 is 0 Å². The molecule has 0 aliphatic carbocycles. The molecule has 1 rings (SSSR count). The van der Waals surface area contributed by atoms with E-state index in [4.69, 9.17) is 0 Å². The minimum absolute atomic E-state index is 0.609. The molecule has 2 unspecified atom stereocenters. The summed E-state index contributed by atoms with van der Waals surface area (Å²) in [6.45, 7) is 12.3. The lowest BCUT2D eigenvalue weighted by molar-refractivity contribution is 0.513. The minimum atomic E-state index is 0.609. The van der Waals surface area contributed by atoms with Crippen molar-refractivity contribution in [3.05, 3.63) is 29.3 Å². The van der Waals surface area contributed by atoms with Crippen molar-refractivity contribution in [3.63, 3.8) is 0 Å². The van der Waals surface area contributed by atoms with E-state index in [0.29, 0.717) is 11.3 Å². The van der Waals surface area contributed by atoms with Crippen molar-refractivity contribution in [2.24, 2.45) is 0 Å². The summed E-state index contributed by atoms with van der Waals surface area (Å²) < 4.78 is 0. The molecule has 0 bridgehead atoms. The third kappa shape index (κ3) is 5.45. The summed E-state index contributed by atoms with van der Waals surface area (Å²) in [7, 11) is 0. The molecule has 0 fully saturated rings. The standard InChI is InChI=1S/C16H27NS/c1-6-9-17-14(4)11-15(5)18-16-10-12(2)7-8-13(16)3/h7-8,10,14-15,17H,6,9,11H2,1-5H3. The highest BCUT2D eigenvalue weighted by atomic mass is 32.2. The molecule has 0 aliphatic heterocycles. The number of thioether (sulfide) groups is 1. The number of hydrogen-bond donors (Lipinski definition) is 1. The van der Waals surface area contributed by atoms with Crippen molar-refractivity contribution in [3.8, 4) is 0 Å². The first-order valence-corrected chi connectivity index (χ1v) is 7.88. The molecule has 1 N–H and O–H groups in total. The van der Waals surface area contributed by atoms with Crippen molar-refractivity contribution in [1.82, 2.24) is 5.32 Å². The van der Waals surface area contributed by atoms with Gasteiger partial charge in [0.2, 0.25) is 0 Å². The normalized spacial score (nSPS) is 14.5. The SMILES string of the molecule is CCCNC(C)CC(C)Sc1cc(C)ccc1C. The molecule has 2 atom stereocenters. The lowest BCUT2D eigenvalue weighted by atomic mass is 10.2. The Morgan fingerprint density at radius 1 is 1.22 bits per heavy atom. The van der Waals surface area contributed by atoms with Gasteiger partial charge in [0, 0.05) is 16.2 Å². The minimum Gasteiger partial charge on any atom is -0.314 e. The summed E-state index contributed by atoms with van der Waals surface area (Å²) in [5, 5.41) is 4.22. The van der Waals surface area contributed by atoms with Crippen LogP contribution in [0, 0.1) is 13.8 Å². The Morgan fingerprint density at radius 3 is 2.61 bits per heavy atom. The van der Waals surface area contributed by atoms with Crippen LogP contribution in [0.3, 0.4) is 0 Å². The van der Waals surface area contributed by atoms with Gasteiger partial charge in [-0.25, -0.2) is 0 Å². The fourth-order valence-corrected chi connectivity index (χ4v) is 3.40. The number of benzene rings is 1. The highest BCUT2D eigenvalue weighted by Crippen LogP contribution is 2.29. The second-order valence-electron chi connectivity index (χ2n) is 5.29. The molecule has 1 nitrogen and oxygen atoms in total. The molecule has 0 aromatic heterocycles. The van der Waals surface area contributed by atoms with Crippen LogP contribution in [0.5, 0.6) is 0 Å². The van der Waals surface area contributed by atoms with E-state index in [0.717, 1.165) is 6.54 Å². The Balaban J connectivity index is 2.48. The van der Waals surface area contributed by atoms with Crippen molar-refractivity contribution in [2.45, 2.75) is 63.6 Å². The molecule has 1 aromatic carbocycles. The van der Waals surface area contributed by atoms with Crippen LogP contribution in [0.25, 0.3) is 0 Å². The second kappa shape index (κ2) is 7.85. The zero-order valence-electron chi connectivity index (χ0n) is 12.4. The van der Waals surface area contributed by atoms with Crippen LogP contribution in [-0.2, 0) is 0 Å². The highest BCUT2D eigenvalue weighted by molar-refractivity contribution is 8.00.